The molecule has 2 aromatic carbocycles. The quantitative estimate of drug-likeness (QED) is 0.670. The Balaban J connectivity index is 1.36. The lowest BCUT2D eigenvalue weighted by molar-refractivity contribution is -0.119. The number of nitrogens with zero attached hydrogens (tertiary/aromatic N) is 2. The standard InChI is InChI=1S/C20H18FN3O2S/c21-16-10-4-3-9-15(16)19-23-24-20(26-19)27-12-18(25)22-17-11-5-7-13-6-1-2-8-14(13)17/h1-4,6,8-10,17H,5,7,11-12H2,(H,22,25)/t17-/m1/s1. The Labute approximate surface area is 160 Å². The minimum Gasteiger partial charge on any atom is -0.411 e. The number of aryl methyl sites for hydroxylation is 1. The maximum atomic E-state index is 13.8. The molecular formula is C20H18FN3O2S. The molecule has 1 N–H and O–H groups in total. The molecule has 1 amide bonds. The molecule has 1 aromatic heterocycles. The van der Waals surface area contributed by atoms with Gasteiger partial charge in [0.05, 0.1) is 17.4 Å². The van der Waals surface area contributed by atoms with E-state index in [1.54, 1.807) is 18.2 Å². The first-order chi connectivity index (χ1) is 13.2. The van der Waals surface area contributed by atoms with Gasteiger partial charge in [-0.05, 0) is 42.5 Å². The highest BCUT2D eigenvalue weighted by Crippen LogP contribution is 2.30. The van der Waals surface area contributed by atoms with E-state index in [1.165, 1.54) is 17.2 Å². The van der Waals surface area contributed by atoms with E-state index in [0.717, 1.165) is 31.0 Å². The second-order valence-electron chi connectivity index (χ2n) is 6.35. The van der Waals surface area contributed by atoms with Crippen LogP contribution in [-0.4, -0.2) is 21.9 Å². The Morgan fingerprint density at radius 2 is 2.00 bits per heavy atom. The normalized spacial score (nSPS) is 16.0. The van der Waals surface area contributed by atoms with Crippen LogP contribution in [-0.2, 0) is 11.2 Å². The van der Waals surface area contributed by atoms with Crippen LogP contribution in [0.2, 0.25) is 0 Å². The number of carbonyl (C=O) groups is 1. The molecule has 138 valence electrons. The predicted octanol–water partition coefficient (Wildman–Crippen LogP) is 4.16. The summed E-state index contributed by atoms with van der Waals surface area (Å²) in [6, 6.07) is 14.5. The molecule has 1 aliphatic carbocycles. The van der Waals surface area contributed by atoms with E-state index in [-0.39, 0.29) is 34.4 Å². The minimum atomic E-state index is -0.425. The largest absolute Gasteiger partial charge is 0.411 e. The molecule has 1 atom stereocenters. The van der Waals surface area contributed by atoms with Crippen LogP contribution in [0.15, 0.2) is 58.2 Å². The van der Waals surface area contributed by atoms with Gasteiger partial charge in [0.25, 0.3) is 11.1 Å². The number of halogens is 1. The number of aromatic nitrogens is 2. The summed E-state index contributed by atoms with van der Waals surface area (Å²) in [6.45, 7) is 0. The zero-order valence-electron chi connectivity index (χ0n) is 14.5. The third-order valence-electron chi connectivity index (χ3n) is 4.54. The molecule has 1 aliphatic rings. The highest BCUT2D eigenvalue weighted by atomic mass is 32.2. The molecule has 0 spiro atoms. The Kier molecular flexibility index (Phi) is 5.20. The van der Waals surface area contributed by atoms with Crippen molar-refractivity contribution in [3.63, 3.8) is 0 Å². The second-order valence-corrected chi connectivity index (χ2v) is 7.28. The predicted molar refractivity (Wildman–Crippen MR) is 101 cm³/mol. The van der Waals surface area contributed by atoms with Crippen LogP contribution in [0.25, 0.3) is 11.5 Å². The van der Waals surface area contributed by atoms with Gasteiger partial charge in [0, 0.05) is 0 Å². The number of nitrogens with one attached hydrogen (secondary N) is 1. The van der Waals surface area contributed by atoms with Gasteiger partial charge in [-0.15, -0.1) is 10.2 Å². The first-order valence-corrected chi connectivity index (χ1v) is 9.77. The third kappa shape index (κ3) is 4.03. The summed E-state index contributed by atoms with van der Waals surface area (Å²) >= 11 is 1.14. The van der Waals surface area contributed by atoms with Crippen molar-refractivity contribution in [1.82, 2.24) is 15.5 Å². The SMILES string of the molecule is O=C(CSc1nnc(-c2ccccc2F)o1)N[C@@H]1CCCc2ccccc21. The van der Waals surface area contributed by atoms with Gasteiger partial charge in [-0.3, -0.25) is 4.79 Å². The Morgan fingerprint density at radius 3 is 2.89 bits per heavy atom. The number of hydrogen-bond donors (Lipinski definition) is 1. The van der Waals surface area contributed by atoms with Crippen molar-refractivity contribution in [2.24, 2.45) is 0 Å². The molecule has 1 heterocycles. The Hall–Kier alpha value is -2.67. The van der Waals surface area contributed by atoms with Gasteiger partial charge in [0.2, 0.25) is 5.91 Å². The van der Waals surface area contributed by atoms with Crippen LogP contribution in [0, 0.1) is 5.82 Å². The van der Waals surface area contributed by atoms with E-state index in [4.69, 9.17) is 4.42 Å². The van der Waals surface area contributed by atoms with E-state index in [0.29, 0.717) is 0 Å². The average molecular weight is 383 g/mol. The van der Waals surface area contributed by atoms with Crippen LogP contribution in [0.3, 0.4) is 0 Å². The molecule has 0 radical (unpaired) electrons. The highest BCUT2D eigenvalue weighted by Gasteiger charge is 2.22. The van der Waals surface area contributed by atoms with E-state index < -0.39 is 5.82 Å². The fourth-order valence-electron chi connectivity index (χ4n) is 3.28. The van der Waals surface area contributed by atoms with Gasteiger partial charge in [-0.25, -0.2) is 4.39 Å². The molecule has 4 rings (SSSR count). The summed E-state index contributed by atoms with van der Waals surface area (Å²) in [4.78, 5) is 12.3. The summed E-state index contributed by atoms with van der Waals surface area (Å²) in [5.41, 5.74) is 2.75. The first-order valence-electron chi connectivity index (χ1n) is 8.79. The van der Waals surface area contributed by atoms with Crippen molar-refractivity contribution in [3.05, 3.63) is 65.5 Å². The van der Waals surface area contributed by atoms with Gasteiger partial charge in [-0.1, -0.05) is 48.2 Å². The van der Waals surface area contributed by atoms with Crippen molar-refractivity contribution >= 4 is 17.7 Å². The summed E-state index contributed by atoms with van der Waals surface area (Å²) in [7, 11) is 0. The van der Waals surface area contributed by atoms with Crippen LogP contribution in [0.1, 0.15) is 30.0 Å². The summed E-state index contributed by atoms with van der Waals surface area (Å²) in [5.74, 6) is -0.242. The Morgan fingerprint density at radius 1 is 1.19 bits per heavy atom. The maximum Gasteiger partial charge on any atom is 0.277 e. The van der Waals surface area contributed by atoms with E-state index in [9.17, 15) is 9.18 Å². The maximum absolute atomic E-state index is 13.8. The van der Waals surface area contributed by atoms with Gasteiger partial charge < -0.3 is 9.73 Å². The molecule has 0 saturated carbocycles. The van der Waals surface area contributed by atoms with Crippen molar-refractivity contribution in [3.8, 4) is 11.5 Å². The zero-order valence-corrected chi connectivity index (χ0v) is 15.3. The van der Waals surface area contributed by atoms with Crippen molar-refractivity contribution < 1.29 is 13.6 Å². The van der Waals surface area contributed by atoms with Crippen molar-refractivity contribution in [1.29, 1.82) is 0 Å². The van der Waals surface area contributed by atoms with Crippen LogP contribution < -0.4 is 5.32 Å². The fourth-order valence-corrected chi connectivity index (χ4v) is 3.85. The number of amides is 1. The number of hydrogen-bond acceptors (Lipinski definition) is 5. The first kappa shape index (κ1) is 17.7. The molecule has 0 unspecified atom stereocenters. The number of fused-ring (bicyclic) bond motifs is 1. The van der Waals surface area contributed by atoms with E-state index in [2.05, 4.69) is 27.6 Å². The van der Waals surface area contributed by atoms with Gasteiger partial charge in [-0.2, -0.15) is 0 Å². The Bertz CT molecular complexity index is 960. The van der Waals surface area contributed by atoms with Crippen molar-refractivity contribution in [2.45, 2.75) is 30.5 Å². The minimum absolute atomic E-state index is 0.0414. The van der Waals surface area contributed by atoms with Gasteiger partial charge in [0.1, 0.15) is 5.82 Å². The van der Waals surface area contributed by atoms with Crippen molar-refractivity contribution in [2.75, 3.05) is 5.75 Å². The van der Waals surface area contributed by atoms with Crippen LogP contribution in [0.5, 0.6) is 0 Å². The zero-order chi connectivity index (χ0) is 18.6. The van der Waals surface area contributed by atoms with Gasteiger partial charge >= 0.3 is 0 Å². The molecule has 3 aromatic rings. The topological polar surface area (TPSA) is 68.0 Å². The molecular weight excluding hydrogens is 365 g/mol. The number of rotatable bonds is 5. The molecule has 0 saturated heterocycles. The molecule has 7 heteroatoms. The molecule has 27 heavy (non-hydrogen) atoms. The summed E-state index contributed by atoms with van der Waals surface area (Å²) < 4.78 is 19.2. The molecule has 0 bridgehead atoms. The van der Waals surface area contributed by atoms with E-state index in [1.807, 2.05) is 12.1 Å². The van der Waals surface area contributed by atoms with Crippen LogP contribution >= 0.6 is 11.8 Å². The van der Waals surface area contributed by atoms with Crippen LogP contribution in [0.4, 0.5) is 4.39 Å². The third-order valence-corrected chi connectivity index (χ3v) is 5.36. The average Bonchev–Trinajstić information content (AvgIpc) is 3.16. The molecule has 5 nitrogen and oxygen atoms in total. The van der Waals surface area contributed by atoms with E-state index >= 15 is 0 Å². The number of benzene rings is 2. The lowest BCUT2D eigenvalue weighted by atomic mass is 9.88. The lowest BCUT2D eigenvalue weighted by Crippen LogP contribution is -2.32. The smallest absolute Gasteiger partial charge is 0.277 e. The number of thioether (sulfide) groups is 1. The highest BCUT2D eigenvalue weighted by molar-refractivity contribution is 7.99. The second kappa shape index (κ2) is 7.92. The summed E-state index contributed by atoms with van der Waals surface area (Å²) in [5, 5.41) is 11.1. The lowest BCUT2D eigenvalue weighted by Gasteiger charge is -2.26. The summed E-state index contributed by atoms with van der Waals surface area (Å²) in [6.07, 6.45) is 3.05. The molecule has 0 aliphatic heterocycles. The molecule has 0 fully saturated rings. The fraction of sp³-hybridized carbons (Fsp3) is 0.250. The monoisotopic (exact) mass is 383 g/mol. The number of carbonyl (C=O) groups excluding carboxylic acids is 1. The van der Waals surface area contributed by atoms with Gasteiger partial charge in [0.15, 0.2) is 0 Å².